The number of rotatable bonds is 9. The van der Waals surface area contributed by atoms with Crippen molar-refractivity contribution in [2.45, 2.75) is 32.2 Å². The first kappa shape index (κ1) is 17.6. The van der Waals surface area contributed by atoms with Crippen LogP contribution in [0.15, 0.2) is 60.8 Å². The number of H-pyrrole nitrogens is 1. The highest BCUT2D eigenvalue weighted by Crippen LogP contribution is 2.19. The first-order chi connectivity index (χ1) is 12.2. The van der Waals surface area contributed by atoms with Gasteiger partial charge in [-0.2, -0.15) is 0 Å². The number of para-hydroxylation sites is 1. The van der Waals surface area contributed by atoms with Gasteiger partial charge in [0.1, 0.15) is 6.17 Å². The average Bonchev–Trinajstić information content (AvgIpc) is 3.04. The molecule has 0 saturated heterocycles. The Hall–Kier alpha value is -2.17. The molecule has 3 aromatic rings. The van der Waals surface area contributed by atoms with Crippen LogP contribution in [0.25, 0.3) is 10.9 Å². The van der Waals surface area contributed by atoms with Gasteiger partial charge in [-0.15, -0.1) is 0 Å². The molecule has 0 aliphatic carbocycles. The van der Waals surface area contributed by atoms with Gasteiger partial charge in [-0.3, -0.25) is 0 Å². The van der Waals surface area contributed by atoms with Gasteiger partial charge in [0.2, 0.25) is 0 Å². The Bertz CT molecular complexity index is 772. The second kappa shape index (κ2) is 8.79. The van der Waals surface area contributed by atoms with Crippen LogP contribution in [-0.2, 0) is 17.8 Å². The second-order valence-corrected chi connectivity index (χ2v) is 6.47. The van der Waals surface area contributed by atoms with E-state index in [-0.39, 0.29) is 12.6 Å². The molecule has 1 heterocycles. The Morgan fingerprint density at radius 3 is 2.68 bits per heavy atom. The van der Waals surface area contributed by atoms with Gasteiger partial charge in [0.05, 0.1) is 13.2 Å². The number of hydrogen-bond acceptors (Lipinski definition) is 2. The van der Waals surface area contributed by atoms with Crippen molar-refractivity contribution in [1.82, 2.24) is 10.3 Å². The number of aromatic nitrogens is 1. The first-order valence-electron chi connectivity index (χ1n) is 8.76. The van der Waals surface area contributed by atoms with Crippen LogP contribution in [0.4, 0.5) is 4.39 Å². The first-order valence-corrected chi connectivity index (χ1v) is 8.76. The maximum absolute atomic E-state index is 14.0. The lowest BCUT2D eigenvalue weighted by Gasteiger charge is -2.16. The number of halogens is 1. The quantitative estimate of drug-likeness (QED) is 0.611. The Kier molecular flexibility index (Phi) is 6.20. The Morgan fingerprint density at radius 1 is 1.08 bits per heavy atom. The van der Waals surface area contributed by atoms with Crippen LogP contribution in [0.1, 0.15) is 18.1 Å². The molecule has 25 heavy (non-hydrogen) atoms. The van der Waals surface area contributed by atoms with Crippen LogP contribution in [0.2, 0.25) is 0 Å². The van der Waals surface area contributed by atoms with Gasteiger partial charge in [-0.1, -0.05) is 48.5 Å². The molecule has 0 unspecified atom stereocenters. The molecule has 0 saturated carbocycles. The summed E-state index contributed by atoms with van der Waals surface area (Å²) in [5.41, 5.74) is 3.46. The SMILES string of the molecule is C[C@H](Cc1c[nH]c2ccccc12)NC[C@@H](F)COCc1ccccc1. The molecule has 0 radical (unpaired) electrons. The van der Waals surface area contributed by atoms with Crippen molar-refractivity contribution >= 4 is 10.9 Å². The number of benzene rings is 2. The summed E-state index contributed by atoms with van der Waals surface area (Å²) < 4.78 is 19.5. The summed E-state index contributed by atoms with van der Waals surface area (Å²) in [5.74, 6) is 0. The molecule has 0 fully saturated rings. The normalized spacial score (nSPS) is 13.8. The summed E-state index contributed by atoms with van der Waals surface area (Å²) in [5, 5.41) is 4.50. The van der Waals surface area contributed by atoms with Crippen molar-refractivity contribution in [3.05, 3.63) is 71.9 Å². The Labute approximate surface area is 148 Å². The lowest BCUT2D eigenvalue weighted by atomic mass is 10.1. The lowest BCUT2D eigenvalue weighted by molar-refractivity contribution is 0.0686. The summed E-state index contributed by atoms with van der Waals surface area (Å²) in [6.07, 6.45) is 1.90. The summed E-state index contributed by atoms with van der Waals surface area (Å²) in [6, 6.07) is 18.3. The van der Waals surface area contributed by atoms with E-state index in [2.05, 4.69) is 29.4 Å². The zero-order valence-corrected chi connectivity index (χ0v) is 14.5. The fraction of sp³-hybridized carbons (Fsp3) is 0.333. The summed E-state index contributed by atoms with van der Waals surface area (Å²) in [7, 11) is 0. The highest BCUT2D eigenvalue weighted by Gasteiger charge is 2.11. The standard InChI is InChI=1S/C21H25FN2O/c1-16(11-18-12-24-21-10-6-5-9-20(18)21)23-13-19(22)15-25-14-17-7-3-2-4-8-17/h2-10,12,16,19,23-24H,11,13-15H2,1H3/t16-,19-/m1/s1. The number of aromatic amines is 1. The zero-order valence-electron chi connectivity index (χ0n) is 14.5. The molecule has 3 nitrogen and oxygen atoms in total. The number of nitrogens with one attached hydrogen (secondary N) is 2. The van der Waals surface area contributed by atoms with E-state index in [1.165, 1.54) is 10.9 Å². The second-order valence-electron chi connectivity index (χ2n) is 6.47. The molecule has 4 heteroatoms. The van der Waals surface area contributed by atoms with E-state index >= 15 is 0 Å². The minimum absolute atomic E-state index is 0.113. The van der Waals surface area contributed by atoms with Gasteiger partial charge < -0.3 is 15.0 Å². The molecular formula is C21H25FN2O. The van der Waals surface area contributed by atoms with E-state index in [1.54, 1.807) is 0 Å². The van der Waals surface area contributed by atoms with Gasteiger partial charge in [0.15, 0.2) is 0 Å². The lowest BCUT2D eigenvalue weighted by Crippen LogP contribution is -2.35. The van der Waals surface area contributed by atoms with E-state index in [0.717, 1.165) is 17.5 Å². The van der Waals surface area contributed by atoms with Crippen LogP contribution < -0.4 is 5.32 Å². The fourth-order valence-corrected chi connectivity index (χ4v) is 2.97. The number of alkyl halides is 1. The summed E-state index contributed by atoms with van der Waals surface area (Å²) in [6.45, 7) is 2.95. The molecule has 2 aromatic carbocycles. The summed E-state index contributed by atoms with van der Waals surface area (Å²) >= 11 is 0. The average molecular weight is 340 g/mol. The van der Waals surface area contributed by atoms with Gasteiger partial charge in [0, 0.05) is 29.7 Å². The van der Waals surface area contributed by atoms with Crippen LogP contribution >= 0.6 is 0 Å². The smallest absolute Gasteiger partial charge is 0.136 e. The number of fused-ring (bicyclic) bond motifs is 1. The minimum atomic E-state index is -1.01. The maximum Gasteiger partial charge on any atom is 0.136 e. The number of ether oxygens (including phenoxy) is 1. The molecule has 0 bridgehead atoms. The van der Waals surface area contributed by atoms with Gasteiger partial charge >= 0.3 is 0 Å². The van der Waals surface area contributed by atoms with Gasteiger partial charge in [-0.05, 0) is 30.5 Å². The Balaban J connectivity index is 1.39. The molecule has 3 rings (SSSR count). The van der Waals surface area contributed by atoms with Crippen molar-refractivity contribution in [3.63, 3.8) is 0 Å². The molecule has 1 aromatic heterocycles. The van der Waals surface area contributed by atoms with Crippen molar-refractivity contribution in [2.75, 3.05) is 13.2 Å². The zero-order chi connectivity index (χ0) is 17.5. The van der Waals surface area contributed by atoms with E-state index in [9.17, 15) is 4.39 Å². The third kappa shape index (κ3) is 5.15. The van der Waals surface area contributed by atoms with Crippen molar-refractivity contribution in [3.8, 4) is 0 Å². The van der Waals surface area contributed by atoms with Crippen LogP contribution in [-0.4, -0.2) is 30.3 Å². The molecule has 0 aliphatic heterocycles. The highest BCUT2D eigenvalue weighted by atomic mass is 19.1. The molecular weight excluding hydrogens is 315 g/mol. The summed E-state index contributed by atoms with van der Waals surface area (Å²) in [4.78, 5) is 3.28. The Morgan fingerprint density at radius 2 is 1.84 bits per heavy atom. The van der Waals surface area contributed by atoms with Crippen molar-refractivity contribution < 1.29 is 9.13 Å². The monoisotopic (exact) mass is 340 g/mol. The van der Waals surface area contributed by atoms with Crippen molar-refractivity contribution in [2.24, 2.45) is 0 Å². The molecule has 0 aliphatic rings. The van der Waals surface area contributed by atoms with Gasteiger partial charge in [-0.25, -0.2) is 4.39 Å². The fourth-order valence-electron chi connectivity index (χ4n) is 2.97. The predicted octanol–water partition coefficient (Wildman–Crippen LogP) is 4.24. The van der Waals surface area contributed by atoms with E-state index in [4.69, 9.17) is 4.74 Å². The molecule has 2 N–H and O–H groups in total. The van der Waals surface area contributed by atoms with Crippen LogP contribution in [0, 0.1) is 0 Å². The molecule has 132 valence electrons. The third-order valence-corrected chi connectivity index (χ3v) is 4.30. The predicted molar refractivity (Wildman–Crippen MR) is 100 cm³/mol. The number of hydrogen-bond donors (Lipinski definition) is 2. The molecule has 0 spiro atoms. The largest absolute Gasteiger partial charge is 0.374 e. The maximum atomic E-state index is 14.0. The highest BCUT2D eigenvalue weighted by molar-refractivity contribution is 5.83. The van der Waals surface area contributed by atoms with E-state index in [0.29, 0.717) is 13.2 Å². The van der Waals surface area contributed by atoms with Crippen LogP contribution in [0.5, 0.6) is 0 Å². The minimum Gasteiger partial charge on any atom is -0.374 e. The molecule has 2 atom stereocenters. The molecule has 0 amide bonds. The van der Waals surface area contributed by atoms with E-state index < -0.39 is 6.17 Å². The van der Waals surface area contributed by atoms with Gasteiger partial charge in [0.25, 0.3) is 0 Å². The third-order valence-electron chi connectivity index (χ3n) is 4.30. The van der Waals surface area contributed by atoms with Crippen LogP contribution in [0.3, 0.4) is 0 Å². The topological polar surface area (TPSA) is 37.0 Å². The van der Waals surface area contributed by atoms with Crippen molar-refractivity contribution in [1.29, 1.82) is 0 Å². The van der Waals surface area contributed by atoms with E-state index in [1.807, 2.05) is 48.7 Å².